The van der Waals surface area contributed by atoms with Gasteiger partial charge in [0.15, 0.2) is 0 Å². The van der Waals surface area contributed by atoms with Crippen molar-refractivity contribution >= 4 is 29.1 Å². The van der Waals surface area contributed by atoms with Crippen molar-refractivity contribution < 1.29 is 14.4 Å². The highest BCUT2D eigenvalue weighted by molar-refractivity contribution is 6.10. The van der Waals surface area contributed by atoms with Gasteiger partial charge in [0.05, 0.1) is 0 Å². The molecule has 0 aliphatic rings. The molecule has 23 heavy (non-hydrogen) atoms. The Balaban J connectivity index is 2.73. The van der Waals surface area contributed by atoms with Gasteiger partial charge in [-0.1, -0.05) is 19.4 Å². The smallest absolute Gasteiger partial charge is 0.239 e. The predicted octanol–water partition coefficient (Wildman–Crippen LogP) is 2.53. The van der Waals surface area contributed by atoms with Gasteiger partial charge in [-0.3, -0.25) is 14.4 Å². The molecule has 0 radical (unpaired) electrons. The first-order valence-corrected chi connectivity index (χ1v) is 7.74. The maximum Gasteiger partial charge on any atom is 0.239 e. The molecule has 1 rings (SSSR count). The van der Waals surface area contributed by atoms with Crippen molar-refractivity contribution in [2.75, 3.05) is 17.2 Å². The van der Waals surface area contributed by atoms with Gasteiger partial charge in [0.1, 0.15) is 5.41 Å². The van der Waals surface area contributed by atoms with E-state index in [-0.39, 0.29) is 11.8 Å². The summed E-state index contributed by atoms with van der Waals surface area (Å²) in [6.45, 7) is 7.17. The molecule has 0 bridgehead atoms. The average Bonchev–Trinajstić information content (AvgIpc) is 2.46. The zero-order valence-corrected chi connectivity index (χ0v) is 14.2. The van der Waals surface area contributed by atoms with Crippen LogP contribution in [0, 0.1) is 5.41 Å². The summed E-state index contributed by atoms with van der Waals surface area (Å²) >= 11 is 0. The van der Waals surface area contributed by atoms with Crippen molar-refractivity contribution in [2.45, 2.75) is 40.5 Å². The third-order valence-corrected chi connectivity index (χ3v) is 3.39. The third-order valence-electron chi connectivity index (χ3n) is 3.39. The van der Waals surface area contributed by atoms with E-state index in [2.05, 4.69) is 16.0 Å². The van der Waals surface area contributed by atoms with Crippen LogP contribution in [0.25, 0.3) is 0 Å². The highest BCUT2D eigenvalue weighted by atomic mass is 16.2. The second kappa shape index (κ2) is 8.31. The molecule has 0 aliphatic carbocycles. The summed E-state index contributed by atoms with van der Waals surface area (Å²) in [6, 6.07) is 6.79. The number of carbonyl (C=O) groups excluding carboxylic acids is 3. The molecule has 3 amide bonds. The second-order valence-corrected chi connectivity index (χ2v) is 5.95. The molecule has 0 aliphatic heterocycles. The van der Waals surface area contributed by atoms with Crippen molar-refractivity contribution in [1.82, 2.24) is 5.32 Å². The second-order valence-electron chi connectivity index (χ2n) is 5.95. The SMILES string of the molecule is CCCCNC(=O)C(C)(C)C(=O)Nc1cccc(NC(C)=O)c1. The van der Waals surface area contributed by atoms with Gasteiger partial charge in [0.2, 0.25) is 17.7 Å². The fraction of sp³-hybridized carbons (Fsp3) is 0.471. The fourth-order valence-corrected chi connectivity index (χ4v) is 1.87. The lowest BCUT2D eigenvalue weighted by Gasteiger charge is -2.23. The summed E-state index contributed by atoms with van der Waals surface area (Å²) in [5.74, 6) is -0.892. The number of carbonyl (C=O) groups is 3. The van der Waals surface area contributed by atoms with E-state index in [1.807, 2.05) is 6.92 Å². The number of unbranched alkanes of at least 4 members (excludes halogenated alkanes) is 1. The van der Waals surface area contributed by atoms with E-state index in [1.165, 1.54) is 6.92 Å². The van der Waals surface area contributed by atoms with Gasteiger partial charge in [-0.25, -0.2) is 0 Å². The summed E-state index contributed by atoms with van der Waals surface area (Å²) < 4.78 is 0. The molecule has 6 nitrogen and oxygen atoms in total. The van der Waals surface area contributed by atoms with Gasteiger partial charge in [0.25, 0.3) is 0 Å². The highest BCUT2D eigenvalue weighted by Gasteiger charge is 2.35. The molecule has 126 valence electrons. The third kappa shape index (κ3) is 5.73. The molecule has 3 N–H and O–H groups in total. The highest BCUT2D eigenvalue weighted by Crippen LogP contribution is 2.21. The molecule has 1 aromatic carbocycles. The molecule has 0 atom stereocenters. The van der Waals surface area contributed by atoms with Crippen LogP contribution in [0.2, 0.25) is 0 Å². The number of amides is 3. The van der Waals surface area contributed by atoms with Crippen LogP contribution in [0.15, 0.2) is 24.3 Å². The first kappa shape index (κ1) is 18.7. The standard InChI is InChI=1S/C17H25N3O3/c1-5-6-10-18-15(22)17(3,4)16(23)20-14-9-7-8-13(11-14)19-12(2)21/h7-9,11H,5-6,10H2,1-4H3,(H,18,22)(H,19,21)(H,20,23). The minimum atomic E-state index is -1.18. The molecule has 0 unspecified atom stereocenters. The Labute approximate surface area is 137 Å². The van der Waals surface area contributed by atoms with Crippen molar-refractivity contribution in [2.24, 2.45) is 5.41 Å². The van der Waals surface area contributed by atoms with Gasteiger partial charge in [-0.05, 0) is 38.5 Å². The lowest BCUT2D eigenvalue weighted by Crippen LogP contribution is -2.45. The summed E-state index contributed by atoms with van der Waals surface area (Å²) in [5, 5.41) is 8.13. The first-order chi connectivity index (χ1) is 10.8. The molecule has 1 aromatic rings. The summed E-state index contributed by atoms with van der Waals surface area (Å²) in [5.41, 5.74) is -0.0752. The van der Waals surface area contributed by atoms with Crippen LogP contribution in [0.4, 0.5) is 11.4 Å². The van der Waals surface area contributed by atoms with Crippen LogP contribution in [-0.2, 0) is 14.4 Å². The molecule has 0 aromatic heterocycles. The quantitative estimate of drug-likeness (QED) is 0.533. The Morgan fingerprint density at radius 3 is 2.22 bits per heavy atom. The Hall–Kier alpha value is -2.37. The average molecular weight is 319 g/mol. The van der Waals surface area contributed by atoms with Gasteiger partial charge < -0.3 is 16.0 Å². The van der Waals surface area contributed by atoms with Gasteiger partial charge in [-0.2, -0.15) is 0 Å². The van der Waals surface area contributed by atoms with E-state index in [4.69, 9.17) is 0 Å². The molecular formula is C17H25N3O3. The molecule has 0 fully saturated rings. The molecule has 0 saturated heterocycles. The molecule has 0 heterocycles. The van der Waals surface area contributed by atoms with Crippen LogP contribution in [0.5, 0.6) is 0 Å². The monoisotopic (exact) mass is 319 g/mol. The normalized spacial score (nSPS) is 10.8. The topological polar surface area (TPSA) is 87.3 Å². The summed E-state index contributed by atoms with van der Waals surface area (Å²) in [7, 11) is 0. The number of hydrogen-bond acceptors (Lipinski definition) is 3. The number of anilines is 2. The minimum absolute atomic E-state index is 0.191. The maximum absolute atomic E-state index is 12.4. The fourth-order valence-electron chi connectivity index (χ4n) is 1.87. The molecule has 0 saturated carbocycles. The molecule has 0 spiro atoms. The Morgan fingerprint density at radius 1 is 1.04 bits per heavy atom. The van der Waals surface area contributed by atoms with Gasteiger partial charge >= 0.3 is 0 Å². The summed E-state index contributed by atoms with van der Waals surface area (Å²) in [4.78, 5) is 35.6. The van der Waals surface area contributed by atoms with E-state index in [0.717, 1.165) is 12.8 Å². The van der Waals surface area contributed by atoms with Crippen molar-refractivity contribution in [3.63, 3.8) is 0 Å². The van der Waals surface area contributed by atoms with E-state index in [9.17, 15) is 14.4 Å². The zero-order valence-electron chi connectivity index (χ0n) is 14.2. The van der Waals surface area contributed by atoms with Crippen LogP contribution < -0.4 is 16.0 Å². The number of hydrogen-bond donors (Lipinski definition) is 3. The van der Waals surface area contributed by atoms with E-state index in [0.29, 0.717) is 17.9 Å². The Kier molecular flexibility index (Phi) is 6.75. The minimum Gasteiger partial charge on any atom is -0.355 e. The maximum atomic E-state index is 12.4. The van der Waals surface area contributed by atoms with Crippen LogP contribution in [0.1, 0.15) is 40.5 Å². The lowest BCUT2D eigenvalue weighted by atomic mass is 9.91. The van der Waals surface area contributed by atoms with Crippen molar-refractivity contribution in [3.05, 3.63) is 24.3 Å². The van der Waals surface area contributed by atoms with Crippen LogP contribution >= 0.6 is 0 Å². The Bertz CT molecular complexity index is 582. The summed E-state index contributed by atoms with van der Waals surface area (Å²) in [6.07, 6.45) is 1.85. The molecular weight excluding hydrogens is 294 g/mol. The van der Waals surface area contributed by atoms with Gasteiger partial charge in [0, 0.05) is 24.8 Å². The predicted molar refractivity (Wildman–Crippen MR) is 91.1 cm³/mol. The Morgan fingerprint density at radius 2 is 1.65 bits per heavy atom. The molecule has 6 heteroatoms. The number of rotatable bonds is 7. The largest absolute Gasteiger partial charge is 0.355 e. The van der Waals surface area contributed by atoms with E-state index >= 15 is 0 Å². The van der Waals surface area contributed by atoms with Crippen molar-refractivity contribution in [3.8, 4) is 0 Å². The van der Waals surface area contributed by atoms with E-state index < -0.39 is 11.3 Å². The zero-order chi connectivity index (χ0) is 17.5. The van der Waals surface area contributed by atoms with Crippen LogP contribution in [0.3, 0.4) is 0 Å². The van der Waals surface area contributed by atoms with E-state index in [1.54, 1.807) is 38.1 Å². The number of nitrogens with one attached hydrogen (secondary N) is 3. The number of benzene rings is 1. The van der Waals surface area contributed by atoms with Crippen LogP contribution in [-0.4, -0.2) is 24.3 Å². The first-order valence-electron chi connectivity index (χ1n) is 7.74. The lowest BCUT2D eigenvalue weighted by molar-refractivity contribution is -0.138. The van der Waals surface area contributed by atoms with Crippen molar-refractivity contribution in [1.29, 1.82) is 0 Å². The van der Waals surface area contributed by atoms with Gasteiger partial charge in [-0.15, -0.1) is 0 Å².